The first-order chi connectivity index (χ1) is 4.93. The zero-order chi connectivity index (χ0) is 7.23. The van der Waals surface area contributed by atoms with E-state index in [1.54, 1.807) is 0 Å². The Balaban J connectivity index is 2.43. The predicted molar refractivity (Wildman–Crippen MR) is 45.3 cm³/mol. The van der Waals surface area contributed by atoms with Gasteiger partial charge in [-0.05, 0) is 0 Å². The second-order valence-electron chi connectivity index (χ2n) is 2.59. The standard InChI is InChI=1S/C9H11.Li/c1-2-6-9-7-4-3-5-8-9;/h3-5,7-8H,1-2,6H2;. The molecule has 0 aliphatic heterocycles. The van der Waals surface area contributed by atoms with Crippen molar-refractivity contribution in [2.45, 2.75) is 17.9 Å². The van der Waals surface area contributed by atoms with Crippen LogP contribution in [0.15, 0.2) is 30.3 Å². The average Bonchev–Trinajstić information content (AvgIpc) is 2.03. The molecule has 0 saturated carbocycles. The summed E-state index contributed by atoms with van der Waals surface area (Å²) < 4.78 is 0. The van der Waals surface area contributed by atoms with Crippen LogP contribution in [-0.2, 0) is 6.42 Å². The van der Waals surface area contributed by atoms with Gasteiger partial charge in [-0.1, -0.05) is 0 Å². The van der Waals surface area contributed by atoms with E-state index in [0.29, 0.717) is 0 Å². The molecule has 1 aromatic rings. The summed E-state index contributed by atoms with van der Waals surface area (Å²) in [6.45, 7) is 0. The molecule has 0 saturated heterocycles. The van der Waals surface area contributed by atoms with Crippen LogP contribution in [0.2, 0.25) is 5.09 Å². The van der Waals surface area contributed by atoms with Gasteiger partial charge in [0.15, 0.2) is 0 Å². The van der Waals surface area contributed by atoms with E-state index >= 15 is 0 Å². The monoisotopic (exact) mass is 126 g/mol. The zero-order valence-corrected chi connectivity index (χ0v) is 6.51. The molecule has 0 N–H and O–H groups in total. The van der Waals surface area contributed by atoms with Gasteiger partial charge in [0.2, 0.25) is 0 Å². The van der Waals surface area contributed by atoms with E-state index in [4.69, 9.17) is 0 Å². The van der Waals surface area contributed by atoms with Crippen LogP contribution in [-0.4, -0.2) is 17.7 Å². The van der Waals surface area contributed by atoms with Crippen LogP contribution in [0, 0.1) is 0 Å². The van der Waals surface area contributed by atoms with Gasteiger partial charge in [-0.15, -0.1) is 0 Å². The first-order valence-corrected chi connectivity index (χ1v) is 3.97. The predicted octanol–water partition coefficient (Wildman–Crippen LogP) is 2.21. The van der Waals surface area contributed by atoms with E-state index < -0.39 is 0 Å². The molecule has 10 heavy (non-hydrogen) atoms. The van der Waals surface area contributed by atoms with E-state index in [1.165, 1.54) is 23.5 Å². The van der Waals surface area contributed by atoms with E-state index in [0.717, 1.165) is 0 Å². The Kier molecular flexibility index (Phi) is 3.65. The van der Waals surface area contributed by atoms with Crippen LogP contribution in [0.25, 0.3) is 0 Å². The molecule has 48 valence electrons. The first kappa shape index (κ1) is 7.92. The van der Waals surface area contributed by atoms with Crippen LogP contribution < -0.4 is 0 Å². The first-order valence-electron chi connectivity index (χ1n) is 3.97. The van der Waals surface area contributed by atoms with Gasteiger partial charge in [-0.2, -0.15) is 0 Å². The van der Waals surface area contributed by atoms with Gasteiger partial charge in [0.25, 0.3) is 0 Å². The van der Waals surface area contributed by atoms with Crippen molar-refractivity contribution < 1.29 is 0 Å². The van der Waals surface area contributed by atoms with Crippen molar-refractivity contribution in [1.82, 2.24) is 0 Å². The summed E-state index contributed by atoms with van der Waals surface area (Å²) >= 11 is 2.23. The molecule has 1 aromatic carbocycles. The third kappa shape index (κ3) is 2.60. The summed E-state index contributed by atoms with van der Waals surface area (Å²) in [6, 6.07) is 10.6. The van der Waals surface area contributed by atoms with Gasteiger partial charge in [-0.3, -0.25) is 0 Å². The molecule has 0 unspecified atom stereocenters. The molecular formula is C9H11Li. The Morgan fingerprint density at radius 2 is 1.80 bits per heavy atom. The van der Waals surface area contributed by atoms with E-state index in [1.807, 2.05) is 0 Å². The molecule has 0 spiro atoms. The van der Waals surface area contributed by atoms with Gasteiger partial charge in [0, 0.05) is 0 Å². The van der Waals surface area contributed by atoms with Crippen LogP contribution >= 0.6 is 0 Å². The minimum absolute atomic E-state index is 1.23. The van der Waals surface area contributed by atoms with Crippen LogP contribution in [0.5, 0.6) is 0 Å². The summed E-state index contributed by atoms with van der Waals surface area (Å²) in [4.78, 5) is 0. The normalized spacial score (nSPS) is 9.80. The molecule has 1 heteroatoms. The summed E-state index contributed by atoms with van der Waals surface area (Å²) in [5.41, 5.74) is 1.46. The Morgan fingerprint density at radius 3 is 2.40 bits per heavy atom. The molecule has 0 fully saturated rings. The quantitative estimate of drug-likeness (QED) is 0.544. The van der Waals surface area contributed by atoms with Crippen molar-refractivity contribution in [3.05, 3.63) is 35.9 Å². The summed E-state index contributed by atoms with van der Waals surface area (Å²) in [7, 11) is 0. The van der Waals surface area contributed by atoms with Crippen LogP contribution in [0.1, 0.15) is 12.0 Å². The van der Waals surface area contributed by atoms with Gasteiger partial charge in [0.05, 0.1) is 0 Å². The van der Waals surface area contributed by atoms with Crippen molar-refractivity contribution in [3.63, 3.8) is 0 Å². The van der Waals surface area contributed by atoms with Crippen LogP contribution in [0.3, 0.4) is 0 Å². The van der Waals surface area contributed by atoms with Crippen LogP contribution in [0.4, 0.5) is 0 Å². The molecule has 0 aliphatic rings. The fourth-order valence-electron chi connectivity index (χ4n) is 1.03. The fourth-order valence-corrected chi connectivity index (χ4v) is 1.03. The third-order valence-corrected chi connectivity index (χ3v) is 1.66. The number of aryl methyl sites for hydroxylation is 1. The van der Waals surface area contributed by atoms with Crippen molar-refractivity contribution in [3.8, 4) is 0 Å². The Morgan fingerprint density at radius 1 is 1.10 bits per heavy atom. The van der Waals surface area contributed by atoms with Gasteiger partial charge in [-0.25, -0.2) is 0 Å². The van der Waals surface area contributed by atoms with Crippen molar-refractivity contribution in [1.29, 1.82) is 0 Å². The topological polar surface area (TPSA) is 0 Å². The maximum atomic E-state index is 2.23. The van der Waals surface area contributed by atoms with E-state index in [-0.39, 0.29) is 0 Å². The molecule has 0 amide bonds. The second kappa shape index (κ2) is 4.60. The Bertz CT molecular complexity index is 169. The molecule has 0 atom stereocenters. The summed E-state index contributed by atoms with van der Waals surface area (Å²) in [5.74, 6) is 0. The van der Waals surface area contributed by atoms with Crippen molar-refractivity contribution >= 4 is 17.7 Å². The Labute approximate surface area is 71.8 Å². The average molecular weight is 126 g/mol. The summed E-state index contributed by atoms with van der Waals surface area (Å²) in [5, 5.41) is 1.29. The third-order valence-electron chi connectivity index (χ3n) is 1.66. The number of rotatable bonds is 3. The minimum atomic E-state index is 1.23. The molecule has 0 radical (unpaired) electrons. The molecule has 1 rings (SSSR count). The van der Waals surface area contributed by atoms with Gasteiger partial charge < -0.3 is 0 Å². The van der Waals surface area contributed by atoms with Crippen molar-refractivity contribution in [2.24, 2.45) is 0 Å². The molecular weight excluding hydrogens is 115 g/mol. The summed E-state index contributed by atoms with van der Waals surface area (Å²) in [6.07, 6.45) is 2.54. The molecule has 0 aromatic heterocycles. The zero-order valence-electron chi connectivity index (χ0n) is 6.51. The molecule has 0 nitrogen and oxygen atoms in total. The SMILES string of the molecule is [Li][CH2]CCc1ccccc1. The Hall–Kier alpha value is -0.183. The molecule has 0 bridgehead atoms. The number of hydrogen-bond acceptors (Lipinski definition) is 0. The van der Waals surface area contributed by atoms with E-state index in [9.17, 15) is 0 Å². The maximum absolute atomic E-state index is 2.23. The second-order valence-corrected chi connectivity index (χ2v) is 2.59. The van der Waals surface area contributed by atoms with Crippen molar-refractivity contribution in [2.75, 3.05) is 0 Å². The molecule has 0 heterocycles. The number of hydrogen-bond donors (Lipinski definition) is 0. The van der Waals surface area contributed by atoms with Gasteiger partial charge in [0.1, 0.15) is 0 Å². The van der Waals surface area contributed by atoms with Gasteiger partial charge >= 0.3 is 71.5 Å². The number of benzene rings is 1. The fraction of sp³-hybridized carbons (Fsp3) is 0.333. The molecule has 0 aliphatic carbocycles. The van der Waals surface area contributed by atoms with E-state index in [2.05, 4.69) is 48.0 Å².